The lowest BCUT2D eigenvalue weighted by Crippen LogP contribution is -2.57. The largest absolute Gasteiger partial charge is 0.471 e. The highest BCUT2D eigenvalue weighted by Crippen LogP contribution is 2.44. The Morgan fingerprint density at radius 2 is 2.15 bits per heavy atom. The summed E-state index contributed by atoms with van der Waals surface area (Å²) in [6.07, 6.45) is -2.49. The number of piperidine rings is 1. The first-order chi connectivity index (χ1) is 12.8. The highest BCUT2D eigenvalue weighted by molar-refractivity contribution is 5.89. The second-order valence-corrected chi connectivity index (χ2v) is 7.78. The van der Waals surface area contributed by atoms with Crippen LogP contribution < -0.4 is 5.32 Å². The number of amides is 1. The van der Waals surface area contributed by atoms with E-state index in [0.717, 1.165) is 24.9 Å². The predicted molar refractivity (Wildman–Crippen MR) is 97.7 cm³/mol. The van der Waals surface area contributed by atoms with Gasteiger partial charge in [-0.05, 0) is 49.9 Å². The molecule has 1 aliphatic heterocycles. The Hall–Kier alpha value is -2.02. The number of aromatic amines is 1. The summed E-state index contributed by atoms with van der Waals surface area (Å²) in [7, 11) is 0. The molecule has 4 nitrogen and oxygen atoms in total. The van der Waals surface area contributed by atoms with Gasteiger partial charge in [0.15, 0.2) is 0 Å². The van der Waals surface area contributed by atoms with Gasteiger partial charge < -0.3 is 10.3 Å². The summed E-state index contributed by atoms with van der Waals surface area (Å²) in [4.78, 5) is 17.2. The van der Waals surface area contributed by atoms with Crippen LogP contribution in [0.1, 0.15) is 42.5 Å². The number of hydrogen-bond donors (Lipinski definition) is 2. The van der Waals surface area contributed by atoms with Crippen molar-refractivity contribution in [2.24, 2.45) is 0 Å². The zero-order valence-corrected chi connectivity index (χ0v) is 15.5. The smallest absolute Gasteiger partial charge is 0.358 e. The number of likely N-dealkylation sites (tertiary alicyclic amines) is 1. The average molecular weight is 379 g/mol. The van der Waals surface area contributed by atoms with Crippen molar-refractivity contribution in [3.63, 3.8) is 0 Å². The molecule has 0 spiro atoms. The van der Waals surface area contributed by atoms with Crippen LogP contribution in [-0.2, 0) is 11.2 Å². The monoisotopic (exact) mass is 379 g/mol. The normalized spacial score (nSPS) is 25.4. The van der Waals surface area contributed by atoms with Crippen LogP contribution in [0.25, 0.3) is 10.9 Å². The summed E-state index contributed by atoms with van der Waals surface area (Å²) in [6.45, 7) is 5.43. The van der Waals surface area contributed by atoms with Gasteiger partial charge in [0.2, 0.25) is 0 Å². The molecule has 2 aromatic rings. The number of halogens is 3. The van der Waals surface area contributed by atoms with Gasteiger partial charge in [-0.25, -0.2) is 0 Å². The summed E-state index contributed by atoms with van der Waals surface area (Å²) < 4.78 is 38.2. The van der Waals surface area contributed by atoms with E-state index in [1.54, 1.807) is 0 Å². The second kappa shape index (κ2) is 6.55. The van der Waals surface area contributed by atoms with Crippen molar-refractivity contribution in [3.8, 4) is 0 Å². The minimum atomic E-state index is -4.84. The van der Waals surface area contributed by atoms with Crippen molar-refractivity contribution in [2.75, 3.05) is 13.1 Å². The molecule has 1 unspecified atom stereocenters. The summed E-state index contributed by atoms with van der Waals surface area (Å²) >= 11 is 0. The molecule has 27 heavy (non-hydrogen) atoms. The average Bonchev–Trinajstić information content (AvgIpc) is 2.92. The van der Waals surface area contributed by atoms with Crippen molar-refractivity contribution in [1.29, 1.82) is 0 Å². The van der Waals surface area contributed by atoms with Gasteiger partial charge in [0.05, 0.1) is 0 Å². The van der Waals surface area contributed by atoms with Gasteiger partial charge in [0.25, 0.3) is 0 Å². The molecule has 1 aromatic carbocycles. The third-order valence-corrected chi connectivity index (χ3v) is 6.02. The van der Waals surface area contributed by atoms with Crippen LogP contribution in [0.3, 0.4) is 0 Å². The first kappa shape index (κ1) is 18.3. The van der Waals surface area contributed by atoms with E-state index in [4.69, 9.17) is 0 Å². The van der Waals surface area contributed by atoms with E-state index < -0.39 is 18.1 Å². The number of aromatic nitrogens is 1. The fourth-order valence-electron chi connectivity index (χ4n) is 4.98. The molecule has 1 aliphatic carbocycles. The molecule has 4 rings (SSSR count). The summed E-state index contributed by atoms with van der Waals surface area (Å²) in [5.41, 5.74) is 4.76. The molecule has 7 heteroatoms. The van der Waals surface area contributed by atoms with Crippen molar-refractivity contribution in [1.82, 2.24) is 15.2 Å². The second-order valence-electron chi connectivity index (χ2n) is 7.78. The molecule has 1 fully saturated rings. The van der Waals surface area contributed by atoms with Crippen molar-refractivity contribution in [2.45, 2.75) is 57.3 Å². The highest BCUT2D eigenvalue weighted by atomic mass is 19.4. The van der Waals surface area contributed by atoms with E-state index in [1.165, 1.54) is 22.2 Å². The predicted octanol–water partition coefficient (Wildman–Crippen LogP) is 3.65. The van der Waals surface area contributed by atoms with E-state index in [-0.39, 0.29) is 12.0 Å². The SMILES string of the molecule is CCCN1C[C@@H](NC(=O)C(F)(F)F)CC2c3cccc4[nH]c(C)c(c34)C[C@H]21. The Bertz CT molecular complexity index is 873. The van der Waals surface area contributed by atoms with Crippen molar-refractivity contribution < 1.29 is 18.0 Å². The van der Waals surface area contributed by atoms with Gasteiger partial charge in [-0.15, -0.1) is 0 Å². The molecule has 1 aromatic heterocycles. The molecule has 0 radical (unpaired) electrons. The van der Waals surface area contributed by atoms with Gasteiger partial charge in [-0.1, -0.05) is 19.1 Å². The lowest BCUT2D eigenvalue weighted by molar-refractivity contribution is -0.174. The minimum absolute atomic E-state index is 0.121. The molecular weight excluding hydrogens is 355 g/mol. The zero-order valence-electron chi connectivity index (χ0n) is 15.5. The Morgan fingerprint density at radius 3 is 2.85 bits per heavy atom. The lowest BCUT2D eigenvalue weighted by Gasteiger charge is -2.47. The number of fused-ring (bicyclic) bond motifs is 2. The number of benzene rings is 1. The maximum Gasteiger partial charge on any atom is 0.471 e. The third kappa shape index (κ3) is 3.12. The van der Waals surface area contributed by atoms with Crippen LogP contribution in [0.4, 0.5) is 13.2 Å². The van der Waals surface area contributed by atoms with E-state index in [2.05, 4.69) is 35.1 Å². The number of nitrogens with zero attached hydrogens (tertiary/aromatic N) is 1. The summed E-state index contributed by atoms with van der Waals surface area (Å²) in [6, 6.07) is 5.90. The van der Waals surface area contributed by atoms with Gasteiger partial charge in [0.1, 0.15) is 0 Å². The molecule has 2 N–H and O–H groups in total. The highest BCUT2D eigenvalue weighted by Gasteiger charge is 2.44. The van der Waals surface area contributed by atoms with E-state index in [1.807, 2.05) is 12.1 Å². The Labute approximate surface area is 156 Å². The number of carbonyl (C=O) groups is 1. The number of aryl methyl sites for hydroxylation is 1. The van der Waals surface area contributed by atoms with E-state index in [9.17, 15) is 18.0 Å². The molecule has 0 bridgehead atoms. The fourth-order valence-corrected chi connectivity index (χ4v) is 4.98. The number of nitrogens with one attached hydrogen (secondary N) is 2. The van der Waals surface area contributed by atoms with Gasteiger partial charge in [-0.2, -0.15) is 13.2 Å². The number of carbonyl (C=O) groups excluding carboxylic acids is 1. The molecule has 1 amide bonds. The van der Waals surface area contributed by atoms with E-state index >= 15 is 0 Å². The van der Waals surface area contributed by atoms with Crippen molar-refractivity contribution >= 4 is 16.8 Å². The van der Waals surface area contributed by atoms with E-state index in [0.29, 0.717) is 13.0 Å². The number of hydrogen-bond acceptors (Lipinski definition) is 2. The molecule has 1 saturated heterocycles. The number of alkyl halides is 3. The molecule has 0 saturated carbocycles. The van der Waals surface area contributed by atoms with Gasteiger partial charge in [0, 0.05) is 41.1 Å². The minimum Gasteiger partial charge on any atom is -0.358 e. The van der Waals surface area contributed by atoms with Crippen LogP contribution >= 0.6 is 0 Å². The van der Waals surface area contributed by atoms with Crippen LogP contribution in [0, 0.1) is 6.92 Å². The maximum absolute atomic E-state index is 12.7. The third-order valence-electron chi connectivity index (χ3n) is 6.02. The molecular formula is C20H24F3N3O. The number of rotatable bonds is 3. The molecule has 3 atom stereocenters. The van der Waals surface area contributed by atoms with Crippen molar-refractivity contribution in [3.05, 3.63) is 35.0 Å². The standard InChI is InChI=1S/C20H24F3N3O/c1-3-7-26-10-12(25-19(27)20(21,22)23)8-15-13-5-4-6-16-18(13)14(9-17(15)26)11(2)24-16/h4-6,12,15,17,24H,3,7-10H2,1-2H3,(H,25,27)/t12-,15?,17+/m0/s1. The topological polar surface area (TPSA) is 48.1 Å². The quantitative estimate of drug-likeness (QED) is 0.855. The van der Waals surface area contributed by atoms with Crippen LogP contribution in [0.2, 0.25) is 0 Å². The maximum atomic E-state index is 12.7. The van der Waals surface area contributed by atoms with Crippen LogP contribution in [0.5, 0.6) is 0 Å². The first-order valence-electron chi connectivity index (χ1n) is 9.51. The molecule has 2 aliphatic rings. The summed E-state index contributed by atoms with van der Waals surface area (Å²) in [5.74, 6) is -1.72. The van der Waals surface area contributed by atoms with Crippen LogP contribution in [-0.4, -0.2) is 47.1 Å². The number of H-pyrrole nitrogens is 1. The van der Waals surface area contributed by atoms with Crippen LogP contribution in [0.15, 0.2) is 18.2 Å². The molecule has 146 valence electrons. The lowest BCUT2D eigenvalue weighted by atomic mass is 9.73. The fraction of sp³-hybridized carbons (Fsp3) is 0.550. The summed E-state index contributed by atoms with van der Waals surface area (Å²) in [5, 5.41) is 3.45. The Kier molecular flexibility index (Phi) is 4.45. The Morgan fingerprint density at radius 1 is 1.37 bits per heavy atom. The van der Waals surface area contributed by atoms with Gasteiger partial charge >= 0.3 is 12.1 Å². The first-order valence-corrected chi connectivity index (χ1v) is 9.51. The van der Waals surface area contributed by atoms with Gasteiger partial charge in [-0.3, -0.25) is 9.69 Å². The zero-order chi connectivity index (χ0) is 19.3. The Balaban J connectivity index is 1.70. The molecule has 2 heterocycles.